The molecule has 0 bridgehead atoms. The van der Waals surface area contributed by atoms with Crippen molar-refractivity contribution in [2.75, 3.05) is 18.8 Å². The normalized spacial score (nSPS) is 18.6. The lowest BCUT2D eigenvalue weighted by molar-refractivity contribution is -0.130. The average molecular weight is 342 g/mol. The zero-order valence-corrected chi connectivity index (χ0v) is 14.9. The van der Waals surface area contributed by atoms with Crippen LogP contribution in [0, 0.1) is 13.8 Å². The molecule has 0 saturated carbocycles. The number of nitrogens with zero attached hydrogens (tertiary/aromatic N) is 2. The summed E-state index contributed by atoms with van der Waals surface area (Å²) in [7, 11) is -3.37. The Bertz CT molecular complexity index is 634. The highest BCUT2D eigenvalue weighted by Gasteiger charge is 2.33. The third-order valence-corrected chi connectivity index (χ3v) is 5.71. The summed E-state index contributed by atoms with van der Waals surface area (Å²) in [6.45, 7) is 6.30. The number of amides is 1. The van der Waals surface area contributed by atoms with E-state index < -0.39 is 10.0 Å². The van der Waals surface area contributed by atoms with Crippen LogP contribution in [0.4, 0.5) is 0 Å². The number of rotatable bonds is 7. The first-order valence-electron chi connectivity index (χ1n) is 8.14. The summed E-state index contributed by atoms with van der Waals surface area (Å²) in [5, 5.41) is 7.15. The number of likely N-dealkylation sites (tertiary alicyclic amines) is 1. The zero-order valence-electron chi connectivity index (χ0n) is 14.1. The molecule has 1 aromatic heterocycles. The molecule has 2 N–H and O–H groups in total. The minimum Gasteiger partial charge on any atom is -0.334 e. The molecule has 0 spiro atoms. The van der Waals surface area contributed by atoms with E-state index in [1.165, 1.54) is 0 Å². The van der Waals surface area contributed by atoms with Gasteiger partial charge in [-0.05, 0) is 33.1 Å². The number of aromatic nitrogens is 2. The fourth-order valence-corrected chi connectivity index (χ4v) is 4.25. The molecular weight excluding hydrogens is 316 g/mol. The molecule has 1 atom stereocenters. The first-order valence-corrected chi connectivity index (χ1v) is 9.79. The van der Waals surface area contributed by atoms with Crippen LogP contribution in [0.3, 0.4) is 0 Å². The first-order chi connectivity index (χ1) is 10.9. The van der Waals surface area contributed by atoms with Gasteiger partial charge >= 0.3 is 0 Å². The van der Waals surface area contributed by atoms with Crippen molar-refractivity contribution in [2.24, 2.45) is 0 Å². The van der Waals surface area contributed by atoms with Crippen LogP contribution in [0.1, 0.15) is 55.6 Å². The van der Waals surface area contributed by atoms with Gasteiger partial charge in [0.15, 0.2) is 0 Å². The fourth-order valence-electron chi connectivity index (χ4n) is 3.10. The molecule has 1 aliphatic rings. The number of nitrogens with one attached hydrogen (secondary N) is 2. The van der Waals surface area contributed by atoms with E-state index in [2.05, 4.69) is 14.9 Å². The number of carbonyl (C=O) groups excluding carboxylic acids is 1. The molecule has 7 nitrogen and oxygen atoms in total. The van der Waals surface area contributed by atoms with Crippen LogP contribution >= 0.6 is 0 Å². The number of hydrogen-bond donors (Lipinski definition) is 2. The predicted molar refractivity (Wildman–Crippen MR) is 88.4 cm³/mol. The Hall–Kier alpha value is -1.41. The number of H-pyrrole nitrogens is 1. The molecule has 2 heterocycles. The second-order valence-electron chi connectivity index (χ2n) is 6.09. The van der Waals surface area contributed by atoms with Crippen molar-refractivity contribution in [3.05, 3.63) is 17.0 Å². The van der Waals surface area contributed by atoms with Crippen LogP contribution in [0.2, 0.25) is 0 Å². The molecule has 1 aromatic rings. The molecule has 2 rings (SSSR count). The van der Waals surface area contributed by atoms with E-state index in [9.17, 15) is 13.2 Å². The van der Waals surface area contributed by atoms with Gasteiger partial charge in [0.2, 0.25) is 15.9 Å². The van der Waals surface area contributed by atoms with Crippen LogP contribution in [0.25, 0.3) is 0 Å². The quantitative estimate of drug-likeness (QED) is 0.783. The Labute approximate surface area is 137 Å². The Morgan fingerprint density at radius 2 is 2.17 bits per heavy atom. The minimum atomic E-state index is -3.37. The summed E-state index contributed by atoms with van der Waals surface area (Å²) in [4.78, 5) is 14.2. The van der Waals surface area contributed by atoms with Crippen molar-refractivity contribution in [1.82, 2.24) is 19.8 Å². The number of carbonyl (C=O) groups is 1. The second kappa shape index (κ2) is 7.44. The molecule has 1 aliphatic heterocycles. The van der Waals surface area contributed by atoms with E-state index in [1.54, 1.807) is 4.90 Å². The monoisotopic (exact) mass is 342 g/mol. The van der Waals surface area contributed by atoms with E-state index in [0.29, 0.717) is 13.0 Å². The lowest BCUT2D eigenvalue weighted by Crippen LogP contribution is -2.40. The highest BCUT2D eigenvalue weighted by Crippen LogP contribution is 2.34. The van der Waals surface area contributed by atoms with Crippen molar-refractivity contribution in [3.8, 4) is 0 Å². The maximum Gasteiger partial charge on any atom is 0.238 e. The van der Waals surface area contributed by atoms with Gasteiger partial charge in [-0.3, -0.25) is 9.89 Å². The second-order valence-corrected chi connectivity index (χ2v) is 8.01. The van der Waals surface area contributed by atoms with Crippen LogP contribution in [0.15, 0.2) is 0 Å². The molecule has 0 aromatic carbocycles. The van der Waals surface area contributed by atoms with Gasteiger partial charge in [-0.1, -0.05) is 13.3 Å². The molecule has 0 aliphatic carbocycles. The minimum absolute atomic E-state index is 0.0126. The fraction of sp³-hybridized carbons (Fsp3) is 0.733. The Balaban J connectivity index is 2.01. The third kappa shape index (κ3) is 4.32. The standard InChI is InChI=1S/C15H26N4O3S/c1-4-5-9-23(21,22)16-10-14(20)19-8-6-7-13(19)15-11(2)17-18-12(15)3/h13,16H,4-10H2,1-3H3,(H,17,18). The predicted octanol–water partition coefficient (Wildman–Crippen LogP) is 1.41. The summed E-state index contributed by atoms with van der Waals surface area (Å²) >= 11 is 0. The number of aryl methyl sites for hydroxylation is 2. The van der Waals surface area contributed by atoms with Crippen LogP contribution in [0.5, 0.6) is 0 Å². The Morgan fingerprint density at radius 1 is 1.43 bits per heavy atom. The number of aromatic amines is 1. The van der Waals surface area contributed by atoms with Gasteiger partial charge in [0.1, 0.15) is 0 Å². The van der Waals surface area contributed by atoms with Crippen molar-refractivity contribution in [2.45, 2.75) is 52.5 Å². The van der Waals surface area contributed by atoms with Crippen molar-refractivity contribution in [1.29, 1.82) is 0 Å². The summed E-state index contributed by atoms with van der Waals surface area (Å²) in [6.07, 6.45) is 3.21. The molecule has 1 amide bonds. The summed E-state index contributed by atoms with van der Waals surface area (Å²) in [5.74, 6) is -0.104. The zero-order chi connectivity index (χ0) is 17.0. The lowest BCUT2D eigenvalue weighted by atomic mass is 10.0. The maximum atomic E-state index is 12.5. The van der Waals surface area contributed by atoms with E-state index in [0.717, 1.165) is 36.2 Å². The molecule has 23 heavy (non-hydrogen) atoms. The van der Waals surface area contributed by atoms with E-state index in [1.807, 2.05) is 20.8 Å². The van der Waals surface area contributed by atoms with Crippen LogP contribution in [-0.4, -0.2) is 48.3 Å². The molecule has 8 heteroatoms. The van der Waals surface area contributed by atoms with Gasteiger partial charge in [0.25, 0.3) is 0 Å². The highest BCUT2D eigenvalue weighted by atomic mass is 32.2. The van der Waals surface area contributed by atoms with Crippen molar-refractivity contribution < 1.29 is 13.2 Å². The van der Waals surface area contributed by atoms with Gasteiger partial charge in [-0.2, -0.15) is 5.10 Å². The van der Waals surface area contributed by atoms with Gasteiger partial charge in [0, 0.05) is 17.8 Å². The Morgan fingerprint density at radius 3 is 2.78 bits per heavy atom. The van der Waals surface area contributed by atoms with E-state index >= 15 is 0 Å². The molecular formula is C15H26N4O3S. The van der Waals surface area contributed by atoms with Gasteiger partial charge in [-0.15, -0.1) is 0 Å². The summed E-state index contributed by atoms with van der Waals surface area (Å²) in [6, 6.07) is -0.0126. The summed E-state index contributed by atoms with van der Waals surface area (Å²) < 4.78 is 26.1. The largest absolute Gasteiger partial charge is 0.334 e. The number of unbranched alkanes of at least 4 members (excludes halogenated alkanes) is 1. The molecule has 0 radical (unpaired) electrons. The topological polar surface area (TPSA) is 95.2 Å². The maximum absolute atomic E-state index is 12.5. The lowest BCUT2D eigenvalue weighted by Gasteiger charge is -2.25. The first kappa shape index (κ1) is 17.9. The van der Waals surface area contributed by atoms with Crippen LogP contribution < -0.4 is 4.72 Å². The number of sulfonamides is 1. The van der Waals surface area contributed by atoms with Gasteiger partial charge < -0.3 is 4.90 Å². The SMILES string of the molecule is CCCCS(=O)(=O)NCC(=O)N1CCCC1c1c(C)n[nH]c1C. The number of hydrogen-bond acceptors (Lipinski definition) is 4. The van der Waals surface area contributed by atoms with Gasteiger partial charge in [0.05, 0.1) is 24.0 Å². The average Bonchev–Trinajstić information content (AvgIpc) is 3.09. The molecule has 1 unspecified atom stereocenters. The third-order valence-electron chi connectivity index (χ3n) is 4.30. The van der Waals surface area contributed by atoms with Gasteiger partial charge in [-0.25, -0.2) is 13.1 Å². The smallest absolute Gasteiger partial charge is 0.238 e. The molecule has 1 fully saturated rings. The van der Waals surface area contributed by atoms with E-state index in [4.69, 9.17) is 0 Å². The molecule has 1 saturated heterocycles. The van der Waals surface area contributed by atoms with E-state index in [-0.39, 0.29) is 24.2 Å². The molecule has 130 valence electrons. The Kier molecular flexibility index (Phi) is 5.80. The summed E-state index contributed by atoms with van der Waals surface area (Å²) in [5.41, 5.74) is 2.93. The van der Waals surface area contributed by atoms with Crippen molar-refractivity contribution >= 4 is 15.9 Å². The van der Waals surface area contributed by atoms with Crippen molar-refractivity contribution in [3.63, 3.8) is 0 Å². The highest BCUT2D eigenvalue weighted by molar-refractivity contribution is 7.89. The van der Waals surface area contributed by atoms with Crippen LogP contribution in [-0.2, 0) is 14.8 Å².